The van der Waals surface area contributed by atoms with Gasteiger partial charge >= 0.3 is 5.97 Å². The molecule has 0 amide bonds. The summed E-state index contributed by atoms with van der Waals surface area (Å²) >= 11 is 1.45. The zero-order chi connectivity index (χ0) is 9.14. The van der Waals surface area contributed by atoms with Crippen LogP contribution in [0.2, 0.25) is 0 Å². The van der Waals surface area contributed by atoms with Gasteiger partial charge in [0.05, 0.1) is 7.11 Å². The summed E-state index contributed by atoms with van der Waals surface area (Å²) in [7, 11) is 1.26. The van der Waals surface area contributed by atoms with Gasteiger partial charge in [0.25, 0.3) is 0 Å². The van der Waals surface area contributed by atoms with Crippen LogP contribution in [0.3, 0.4) is 0 Å². The highest BCUT2D eigenvalue weighted by Crippen LogP contribution is 2.22. The van der Waals surface area contributed by atoms with Crippen molar-refractivity contribution in [3.63, 3.8) is 0 Å². The first kappa shape index (κ1) is 9.22. The maximum atomic E-state index is 10.9. The molecular formula is C8H10O3S. The maximum Gasteiger partial charge on any atom is 0.339 e. The van der Waals surface area contributed by atoms with Crippen molar-refractivity contribution in [3.8, 4) is 0 Å². The molecule has 1 N–H and O–H groups in total. The Bertz CT molecular complexity index is 280. The molecular weight excluding hydrogens is 176 g/mol. The number of thiophene rings is 1. The van der Waals surface area contributed by atoms with Crippen molar-refractivity contribution in [2.24, 2.45) is 0 Å². The Balaban J connectivity index is 2.84. The SMILES string of the molecule is COC(=O)C(O)c1cscc1C. The Labute approximate surface area is 74.6 Å². The van der Waals surface area contributed by atoms with Crippen LogP contribution in [0.5, 0.6) is 0 Å². The monoisotopic (exact) mass is 186 g/mol. The number of aryl methyl sites for hydroxylation is 1. The second-order valence-corrected chi connectivity index (χ2v) is 3.18. The van der Waals surface area contributed by atoms with Crippen molar-refractivity contribution in [2.45, 2.75) is 13.0 Å². The number of hydrogen-bond acceptors (Lipinski definition) is 4. The van der Waals surface area contributed by atoms with E-state index in [0.29, 0.717) is 5.56 Å². The fourth-order valence-electron chi connectivity index (χ4n) is 0.889. The number of aliphatic hydroxyl groups is 1. The minimum absolute atomic E-state index is 0.614. The van der Waals surface area contributed by atoms with E-state index in [1.165, 1.54) is 18.4 Å². The molecule has 0 aromatic carbocycles. The number of hydrogen-bond donors (Lipinski definition) is 1. The molecule has 12 heavy (non-hydrogen) atoms. The Morgan fingerprint density at radius 2 is 2.33 bits per heavy atom. The van der Waals surface area contributed by atoms with E-state index in [2.05, 4.69) is 4.74 Å². The first-order valence-corrected chi connectivity index (χ1v) is 4.39. The summed E-state index contributed by atoms with van der Waals surface area (Å²) in [5, 5.41) is 13.0. The average molecular weight is 186 g/mol. The molecule has 0 fully saturated rings. The zero-order valence-electron chi connectivity index (χ0n) is 6.90. The van der Waals surface area contributed by atoms with E-state index < -0.39 is 12.1 Å². The van der Waals surface area contributed by atoms with Gasteiger partial charge in [-0.2, -0.15) is 11.3 Å². The zero-order valence-corrected chi connectivity index (χ0v) is 7.72. The molecule has 0 saturated heterocycles. The minimum atomic E-state index is -1.14. The van der Waals surface area contributed by atoms with Crippen molar-refractivity contribution >= 4 is 17.3 Å². The van der Waals surface area contributed by atoms with E-state index in [9.17, 15) is 9.90 Å². The lowest BCUT2D eigenvalue weighted by Gasteiger charge is -2.06. The number of ether oxygens (including phenoxy) is 1. The van der Waals surface area contributed by atoms with E-state index in [0.717, 1.165) is 5.56 Å². The Kier molecular flexibility index (Phi) is 2.83. The summed E-state index contributed by atoms with van der Waals surface area (Å²) in [6.45, 7) is 1.85. The normalized spacial score (nSPS) is 12.6. The van der Waals surface area contributed by atoms with Crippen LogP contribution in [0.15, 0.2) is 10.8 Å². The summed E-state index contributed by atoms with van der Waals surface area (Å²) in [6.07, 6.45) is -1.14. The van der Waals surface area contributed by atoms with Gasteiger partial charge in [-0.1, -0.05) is 0 Å². The average Bonchev–Trinajstić information content (AvgIpc) is 2.48. The molecule has 0 bridgehead atoms. The number of methoxy groups -OCH3 is 1. The molecule has 0 saturated carbocycles. The van der Waals surface area contributed by atoms with Gasteiger partial charge in [-0.05, 0) is 23.2 Å². The smallest absolute Gasteiger partial charge is 0.339 e. The predicted molar refractivity (Wildman–Crippen MR) is 46.0 cm³/mol. The fourth-order valence-corrected chi connectivity index (χ4v) is 1.76. The van der Waals surface area contributed by atoms with Gasteiger partial charge in [0.15, 0.2) is 6.10 Å². The molecule has 0 radical (unpaired) electrons. The largest absolute Gasteiger partial charge is 0.467 e. The first-order chi connectivity index (χ1) is 5.66. The number of aliphatic hydroxyl groups excluding tert-OH is 1. The lowest BCUT2D eigenvalue weighted by Crippen LogP contribution is -2.13. The van der Waals surface area contributed by atoms with Crippen LogP contribution in [-0.4, -0.2) is 18.2 Å². The summed E-state index contributed by atoms with van der Waals surface area (Å²) in [5.41, 5.74) is 1.55. The van der Waals surface area contributed by atoms with E-state index in [-0.39, 0.29) is 0 Å². The van der Waals surface area contributed by atoms with E-state index in [1.54, 1.807) is 5.38 Å². The lowest BCUT2D eigenvalue weighted by molar-refractivity contribution is -0.150. The number of carbonyl (C=O) groups is 1. The van der Waals surface area contributed by atoms with Gasteiger partial charge in [-0.25, -0.2) is 4.79 Å². The van der Waals surface area contributed by atoms with Crippen LogP contribution in [0.4, 0.5) is 0 Å². The highest BCUT2D eigenvalue weighted by Gasteiger charge is 2.19. The van der Waals surface area contributed by atoms with Gasteiger partial charge in [0, 0.05) is 5.56 Å². The van der Waals surface area contributed by atoms with Crippen LogP contribution in [0, 0.1) is 6.92 Å². The van der Waals surface area contributed by atoms with Crippen molar-refractivity contribution in [1.82, 2.24) is 0 Å². The molecule has 0 aliphatic carbocycles. The highest BCUT2D eigenvalue weighted by molar-refractivity contribution is 7.08. The third-order valence-electron chi connectivity index (χ3n) is 1.61. The summed E-state index contributed by atoms with van der Waals surface area (Å²) in [5.74, 6) is -0.614. The third kappa shape index (κ3) is 1.65. The van der Waals surface area contributed by atoms with E-state index in [1.807, 2.05) is 12.3 Å². The predicted octanol–water partition coefficient (Wildman–Crippen LogP) is 1.26. The highest BCUT2D eigenvalue weighted by atomic mass is 32.1. The van der Waals surface area contributed by atoms with Gasteiger partial charge in [-0.3, -0.25) is 0 Å². The second kappa shape index (κ2) is 3.69. The fraction of sp³-hybridized carbons (Fsp3) is 0.375. The standard InChI is InChI=1S/C8H10O3S/c1-5-3-12-4-6(5)7(9)8(10)11-2/h3-4,7,9H,1-2H3. The first-order valence-electron chi connectivity index (χ1n) is 3.45. The molecule has 1 unspecified atom stereocenters. The molecule has 0 aliphatic rings. The van der Waals surface area contributed by atoms with E-state index in [4.69, 9.17) is 0 Å². The quantitative estimate of drug-likeness (QED) is 0.707. The number of rotatable bonds is 2. The van der Waals surface area contributed by atoms with Crippen molar-refractivity contribution in [2.75, 3.05) is 7.11 Å². The molecule has 0 spiro atoms. The van der Waals surface area contributed by atoms with Gasteiger partial charge < -0.3 is 9.84 Å². The van der Waals surface area contributed by atoms with Gasteiger partial charge in [-0.15, -0.1) is 0 Å². The molecule has 1 rings (SSSR count). The van der Waals surface area contributed by atoms with E-state index >= 15 is 0 Å². The van der Waals surface area contributed by atoms with Crippen molar-refractivity contribution in [1.29, 1.82) is 0 Å². The molecule has 66 valence electrons. The number of esters is 1. The maximum absolute atomic E-state index is 10.9. The lowest BCUT2D eigenvalue weighted by atomic mass is 10.1. The van der Waals surface area contributed by atoms with Crippen molar-refractivity contribution in [3.05, 3.63) is 21.9 Å². The third-order valence-corrected chi connectivity index (χ3v) is 2.49. The Morgan fingerprint density at radius 1 is 1.67 bits per heavy atom. The van der Waals surface area contributed by atoms with Crippen LogP contribution < -0.4 is 0 Å². The minimum Gasteiger partial charge on any atom is -0.467 e. The van der Waals surface area contributed by atoms with Crippen LogP contribution in [-0.2, 0) is 9.53 Å². The summed E-state index contributed by atoms with van der Waals surface area (Å²) in [6, 6.07) is 0. The molecule has 0 aliphatic heterocycles. The van der Waals surface area contributed by atoms with Crippen LogP contribution >= 0.6 is 11.3 Å². The Hall–Kier alpha value is -0.870. The summed E-state index contributed by atoms with van der Waals surface area (Å²) in [4.78, 5) is 10.9. The molecule has 1 aromatic heterocycles. The molecule has 1 aromatic rings. The Morgan fingerprint density at radius 3 is 2.75 bits per heavy atom. The second-order valence-electron chi connectivity index (χ2n) is 2.44. The topological polar surface area (TPSA) is 46.5 Å². The van der Waals surface area contributed by atoms with Crippen LogP contribution in [0.25, 0.3) is 0 Å². The van der Waals surface area contributed by atoms with Gasteiger partial charge in [0.2, 0.25) is 0 Å². The number of carbonyl (C=O) groups excluding carboxylic acids is 1. The molecule has 3 nitrogen and oxygen atoms in total. The van der Waals surface area contributed by atoms with Gasteiger partial charge in [0.1, 0.15) is 0 Å². The van der Waals surface area contributed by atoms with Crippen molar-refractivity contribution < 1.29 is 14.6 Å². The molecule has 1 atom stereocenters. The van der Waals surface area contributed by atoms with Crippen LogP contribution in [0.1, 0.15) is 17.2 Å². The molecule has 4 heteroatoms. The molecule has 1 heterocycles. The summed E-state index contributed by atoms with van der Waals surface area (Å²) < 4.78 is 4.41.